The summed E-state index contributed by atoms with van der Waals surface area (Å²) in [6.07, 6.45) is 2.11. The Kier molecular flexibility index (Phi) is 5.11. The van der Waals surface area contributed by atoms with Crippen molar-refractivity contribution in [1.29, 1.82) is 0 Å². The highest BCUT2D eigenvalue weighted by Gasteiger charge is 2.06. The van der Waals surface area contributed by atoms with Crippen LogP contribution in [0.1, 0.15) is 29.8 Å². The Morgan fingerprint density at radius 3 is 2.67 bits per heavy atom. The lowest BCUT2D eigenvalue weighted by Crippen LogP contribution is -2.25. The summed E-state index contributed by atoms with van der Waals surface area (Å²) in [4.78, 5) is 22.4. The second kappa shape index (κ2) is 6.59. The molecule has 0 heterocycles. The van der Waals surface area contributed by atoms with Crippen molar-refractivity contribution < 1.29 is 14.7 Å². The van der Waals surface area contributed by atoms with E-state index in [1.54, 1.807) is 12.1 Å². The smallest absolute Gasteiger partial charge is 0.335 e. The van der Waals surface area contributed by atoms with E-state index in [2.05, 4.69) is 5.32 Å². The summed E-state index contributed by atoms with van der Waals surface area (Å²) in [5.41, 5.74) is 2.04. The van der Waals surface area contributed by atoms with Gasteiger partial charge in [0.2, 0.25) is 5.91 Å². The minimum absolute atomic E-state index is 0.116. The van der Waals surface area contributed by atoms with Gasteiger partial charge in [-0.15, -0.1) is 0 Å². The largest absolute Gasteiger partial charge is 0.478 e. The van der Waals surface area contributed by atoms with Crippen LogP contribution in [-0.4, -0.2) is 23.5 Å². The molecular formula is C14H17NO3. The number of carboxylic acid groups (broad SMARTS) is 1. The number of allylic oxidation sites excluding steroid dienone is 1. The summed E-state index contributed by atoms with van der Waals surface area (Å²) >= 11 is 0. The maximum Gasteiger partial charge on any atom is 0.335 e. The van der Waals surface area contributed by atoms with Crippen LogP contribution < -0.4 is 5.32 Å². The van der Waals surface area contributed by atoms with Crippen molar-refractivity contribution in [2.75, 3.05) is 6.54 Å². The number of carboxylic acids is 1. The zero-order chi connectivity index (χ0) is 13.5. The Hall–Kier alpha value is -2.10. The van der Waals surface area contributed by atoms with Gasteiger partial charge in [-0.25, -0.2) is 4.79 Å². The van der Waals surface area contributed by atoms with Crippen molar-refractivity contribution in [2.24, 2.45) is 0 Å². The molecule has 18 heavy (non-hydrogen) atoms. The van der Waals surface area contributed by atoms with Crippen LogP contribution >= 0.6 is 0 Å². The fraction of sp³-hybridized carbons (Fsp3) is 0.286. The third-order valence-electron chi connectivity index (χ3n) is 2.35. The van der Waals surface area contributed by atoms with Crippen LogP contribution in [0.15, 0.2) is 35.9 Å². The minimum Gasteiger partial charge on any atom is -0.478 e. The zero-order valence-electron chi connectivity index (χ0n) is 10.6. The third-order valence-corrected chi connectivity index (χ3v) is 2.35. The van der Waals surface area contributed by atoms with Crippen molar-refractivity contribution in [3.8, 4) is 0 Å². The number of amides is 1. The molecule has 1 aromatic carbocycles. The van der Waals surface area contributed by atoms with Crippen LogP contribution in [0.2, 0.25) is 0 Å². The molecule has 0 unspecified atom stereocenters. The van der Waals surface area contributed by atoms with E-state index in [9.17, 15) is 9.59 Å². The number of hydrogen-bond donors (Lipinski definition) is 2. The molecule has 0 atom stereocenters. The molecule has 0 bridgehead atoms. The van der Waals surface area contributed by atoms with Crippen molar-refractivity contribution in [3.63, 3.8) is 0 Å². The van der Waals surface area contributed by atoms with Gasteiger partial charge in [-0.1, -0.05) is 23.8 Å². The number of carbonyl (C=O) groups is 2. The van der Waals surface area contributed by atoms with E-state index in [1.165, 1.54) is 12.1 Å². The van der Waals surface area contributed by atoms with Gasteiger partial charge in [0, 0.05) is 6.54 Å². The number of aromatic carboxylic acids is 1. The SMILES string of the molecule is CC(C)=CCNC(=O)Cc1cccc(C(=O)O)c1. The molecule has 0 spiro atoms. The Morgan fingerprint density at radius 1 is 1.33 bits per heavy atom. The third kappa shape index (κ3) is 4.82. The first-order valence-corrected chi connectivity index (χ1v) is 5.71. The van der Waals surface area contributed by atoms with Gasteiger partial charge in [0.1, 0.15) is 0 Å². The lowest BCUT2D eigenvalue weighted by molar-refractivity contribution is -0.120. The van der Waals surface area contributed by atoms with Crippen molar-refractivity contribution in [3.05, 3.63) is 47.0 Å². The van der Waals surface area contributed by atoms with Gasteiger partial charge in [-0.3, -0.25) is 4.79 Å². The zero-order valence-corrected chi connectivity index (χ0v) is 10.6. The highest BCUT2D eigenvalue weighted by atomic mass is 16.4. The summed E-state index contributed by atoms with van der Waals surface area (Å²) < 4.78 is 0. The Labute approximate surface area is 106 Å². The van der Waals surface area contributed by atoms with Crippen molar-refractivity contribution >= 4 is 11.9 Å². The molecular weight excluding hydrogens is 230 g/mol. The molecule has 0 aromatic heterocycles. The van der Waals surface area contributed by atoms with E-state index in [1.807, 2.05) is 19.9 Å². The molecule has 0 saturated heterocycles. The highest BCUT2D eigenvalue weighted by molar-refractivity contribution is 5.88. The topological polar surface area (TPSA) is 66.4 Å². The fourth-order valence-corrected chi connectivity index (χ4v) is 1.43. The van der Waals surface area contributed by atoms with Gasteiger partial charge >= 0.3 is 5.97 Å². The average molecular weight is 247 g/mol. The number of rotatable bonds is 5. The summed E-state index contributed by atoms with van der Waals surface area (Å²) in [7, 11) is 0. The molecule has 1 amide bonds. The summed E-state index contributed by atoms with van der Waals surface area (Å²) in [5, 5.41) is 11.6. The molecule has 96 valence electrons. The number of hydrogen-bond acceptors (Lipinski definition) is 2. The van der Waals surface area contributed by atoms with E-state index in [4.69, 9.17) is 5.11 Å². The highest BCUT2D eigenvalue weighted by Crippen LogP contribution is 2.06. The molecule has 2 N–H and O–H groups in total. The number of nitrogens with one attached hydrogen (secondary N) is 1. The fourth-order valence-electron chi connectivity index (χ4n) is 1.43. The average Bonchev–Trinajstić information content (AvgIpc) is 2.28. The van der Waals surface area contributed by atoms with Crippen LogP contribution in [0, 0.1) is 0 Å². The molecule has 0 aliphatic carbocycles. The van der Waals surface area contributed by atoms with Crippen LogP contribution in [0.4, 0.5) is 0 Å². The van der Waals surface area contributed by atoms with Gasteiger partial charge in [0.25, 0.3) is 0 Å². The van der Waals surface area contributed by atoms with Crippen molar-refractivity contribution in [2.45, 2.75) is 20.3 Å². The molecule has 4 nitrogen and oxygen atoms in total. The first kappa shape index (κ1) is 14.0. The minimum atomic E-state index is -0.984. The van der Waals surface area contributed by atoms with E-state index in [0.29, 0.717) is 12.1 Å². The number of carbonyl (C=O) groups excluding carboxylic acids is 1. The van der Waals surface area contributed by atoms with E-state index < -0.39 is 5.97 Å². The standard InChI is InChI=1S/C14H17NO3/c1-10(2)6-7-15-13(16)9-11-4-3-5-12(8-11)14(17)18/h3-6,8H,7,9H2,1-2H3,(H,15,16)(H,17,18). The summed E-state index contributed by atoms with van der Waals surface area (Å²) in [6, 6.07) is 6.41. The van der Waals surface area contributed by atoms with Gasteiger partial charge in [0.05, 0.1) is 12.0 Å². The van der Waals surface area contributed by atoms with Gasteiger partial charge in [-0.2, -0.15) is 0 Å². The van der Waals surface area contributed by atoms with Crippen molar-refractivity contribution in [1.82, 2.24) is 5.32 Å². The Bertz CT molecular complexity index is 474. The van der Waals surface area contributed by atoms with Crippen LogP contribution in [0.25, 0.3) is 0 Å². The first-order valence-electron chi connectivity index (χ1n) is 5.71. The summed E-state index contributed by atoms with van der Waals surface area (Å²) in [6.45, 7) is 4.42. The van der Waals surface area contributed by atoms with Crippen LogP contribution in [0.5, 0.6) is 0 Å². The van der Waals surface area contributed by atoms with Gasteiger partial charge in [-0.05, 0) is 31.5 Å². The maximum atomic E-state index is 11.6. The normalized spacial score (nSPS) is 9.67. The molecule has 0 fully saturated rings. The van der Waals surface area contributed by atoms with Crippen LogP contribution in [0.3, 0.4) is 0 Å². The second-order valence-electron chi connectivity index (χ2n) is 4.27. The van der Waals surface area contributed by atoms with E-state index in [-0.39, 0.29) is 17.9 Å². The van der Waals surface area contributed by atoms with Crippen LogP contribution in [-0.2, 0) is 11.2 Å². The monoisotopic (exact) mass is 247 g/mol. The van der Waals surface area contributed by atoms with Gasteiger partial charge in [0.15, 0.2) is 0 Å². The lowest BCUT2D eigenvalue weighted by atomic mass is 10.1. The second-order valence-corrected chi connectivity index (χ2v) is 4.27. The molecule has 0 aliphatic rings. The molecule has 0 saturated carbocycles. The molecule has 1 rings (SSSR count). The maximum absolute atomic E-state index is 11.6. The Morgan fingerprint density at radius 2 is 2.06 bits per heavy atom. The molecule has 4 heteroatoms. The Balaban J connectivity index is 2.56. The van der Waals surface area contributed by atoms with E-state index >= 15 is 0 Å². The number of benzene rings is 1. The predicted molar refractivity (Wildman–Crippen MR) is 69.5 cm³/mol. The molecule has 0 radical (unpaired) electrons. The lowest BCUT2D eigenvalue weighted by Gasteiger charge is -2.04. The quantitative estimate of drug-likeness (QED) is 0.782. The summed E-state index contributed by atoms with van der Waals surface area (Å²) in [5.74, 6) is -1.10. The first-order chi connectivity index (χ1) is 8.49. The van der Waals surface area contributed by atoms with E-state index in [0.717, 1.165) is 5.57 Å². The van der Waals surface area contributed by atoms with Gasteiger partial charge < -0.3 is 10.4 Å². The molecule has 0 aliphatic heterocycles. The molecule has 1 aromatic rings. The predicted octanol–water partition coefficient (Wildman–Crippen LogP) is 2.01.